The van der Waals surface area contributed by atoms with Crippen molar-refractivity contribution in [2.24, 2.45) is 11.3 Å². The summed E-state index contributed by atoms with van der Waals surface area (Å²) in [5.74, 6) is -0.295. The zero-order valence-corrected chi connectivity index (χ0v) is 13.1. The molecule has 0 bridgehead atoms. The first kappa shape index (κ1) is 17.0. The van der Waals surface area contributed by atoms with E-state index in [9.17, 15) is 9.59 Å². The Labute approximate surface area is 122 Å². The van der Waals surface area contributed by atoms with Gasteiger partial charge in [-0.2, -0.15) is 0 Å². The van der Waals surface area contributed by atoms with Crippen molar-refractivity contribution in [3.63, 3.8) is 0 Å². The van der Waals surface area contributed by atoms with Crippen LogP contribution in [0.4, 0.5) is 0 Å². The number of rotatable bonds is 6. The van der Waals surface area contributed by atoms with Gasteiger partial charge in [0.2, 0.25) is 5.91 Å². The molecule has 0 aliphatic heterocycles. The monoisotopic (exact) mass is 283 g/mol. The number of carboxylic acids is 1. The van der Waals surface area contributed by atoms with E-state index in [2.05, 4.69) is 12.2 Å². The molecular formula is C16H29NO3. The zero-order valence-electron chi connectivity index (χ0n) is 13.1. The van der Waals surface area contributed by atoms with E-state index in [4.69, 9.17) is 5.11 Å². The predicted octanol–water partition coefficient (Wildman–Crippen LogP) is 3.35. The average Bonchev–Trinajstić information content (AvgIpc) is 2.53. The van der Waals surface area contributed by atoms with Gasteiger partial charge in [0.05, 0.1) is 6.42 Å². The van der Waals surface area contributed by atoms with Crippen molar-refractivity contribution >= 4 is 11.9 Å². The molecule has 4 heteroatoms. The van der Waals surface area contributed by atoms with Crippen LogP contribution in [0.5, 0.6) is 0 Å². The highest BCUT2D eigenvalue weighted by Crippen LogP contribution is 2.27. The lowest BCUT2D eigenvalue weighted by molar-refractivity contribution is -0.139. The summed E-state index contributed by atoms with van der Waals surface area (Å²) in [5.41, 5.74) is -0.487. The molecule has 1 atom stereocenters. The smallest absolute Gasteiger partial charge is 0.303 e. The molecule has 0 aromatic rings. The lowest BCUT2D eigenvalue weighted by Gasteiger charge is -2.26. The molecule has 0 aromatic carbocycles. The van der Waals surface area contributed by atoms with Crippen molar-refractivity contribution in [3.8, 4) is 0 Å². The maximum atomic E-state index is 12.1. The van der Waals surface area contributed by atoms with Crippen molar-refractivity contribution in [1.82, 2.24) is 5.32 Å². The second kappa shape index (κ2) is 7.65. The first-order valence-corrected chi connectivity index (χ1v) is 7.81. The maximum Gasteiger partial charge on any atom is 0.303 e. The van der Waals surface area contributed by atoms with Gasteiger partial charge in [-0.3, -0.25) is 9.59 Å². The molecule has 0 saturated heterocycles. The van der Waals surface area contributed by atoms with Crippen LogP contribution in [0.25, 0.3) is 0 Å². The minimum absolute atomic E-state index is 0.0204. The molecule has 0 radical (unpaired) electrons. The van der Waals surface area contributed by atoms with Crippen LogP contribution in [0.1, 0.15) is 72.1 Å². The fraction of sp³-hybridized carbons (Fsp3) is 0.875. The summed E-state index contributed by atoms with van der Waals surface area (Å²) < 4.78 is 0. The zero-order chi connectivity index (χ0) is 15.2. The second-order valence-electron chi connectivity index (χ2n) is 7.02. The lowest BCUT2D eigenvalue weighted by atomic mass is 9.85. The molecule has 1 amide bonds. The van der Waals surface area contributed by atoms with Crippen LogP contribution in [0, 0.1) is 11.3 Å². The third-order valence-electron chi connectivity index (χ3n) is 4.26. The van der Waals surface area contributed by atoms with Crippen LogP contribution in [0.15, 0.2) is 0 Å². The average molecular weight is 283 g/mol. The number of aliphatic carboxylic acids is 1. The quantitative estimate of drug-likeness (QED) is 0.735. The van der Waals surface area contributed by atoms with Crippen molar-refractivity contribution in [2.45, 2.75) is 78.2 Å². The maximum absolute atomic E-state index is 12.1. The number of nitrogens with one attached hydrogen (secondary N) is 1. The Bertz CT molecular complexity index is 331. The van der Waals surface area contributed by atoms with Crippen LogP contribution in [-0.4, -0.2) is 23.0 Å². The van der Waals surface area contributed by atoms with Gasteiger partial charge in [-0.15, -0.1) is 0 Å². The third-order valence-corrected chi connectivity index (χ3v) is 4.26. The summed E-state index contributed by atoms with van der Waals surface area (Å²) in [6, 6.07) is 0.196. The molecule has 0 unspecified atom stereocenters. The van der Waals surface area contributed by atoms with Crippen molar-refractivity contribution in [3.05, 3.63) is 0 Å². The van der Waals surface area contributed by atoms with Crippen LogP contribution >= 0.6 is 0 Å². The Kier molecular flexibility index (Phi) is 6.50. The molecule has 1 fully saturated rings. The fourth-order valence-corrected chi connectivity index (χ4v) is 3.14. The summed E-state index contributed by atoms with van der Waals surface area (Å²) >= 11 is 0. The largest absolute Gasteiger partial charge is 0.481 e. The molecule has 1 aliphatic rings. The Morgan fingerprint density at radius 3 is 2.20 bits per heavy atom. The van der Waals surface area contributed by atoms with Crippen LogP contribution in [0.2, 0.25) is 0 Å². The van der Waals surface area contributed by atoms with Crippen molar-refractivity contribution in [2.75, 3.05) is 0 Å². The van der Waals surface area contributed by atoms with E-state index in [0.29, 0.717) is 5.92 Å². The van der Waals surface area contributed by atoms with Gasteiger partial charge >= 0.3 is 5.97 Å². The highest BCUT2D eigenvalue weighted by molar-refractivity contribution is 5.78. The van der Waals surface area contributed by atoms with E-state index in [1.807, 2.05) is 13.8 Å². The lowest BCUT2D eigenvalue weighted by Crippen LogP contribution is -2.40. The van der Waals surface area contributed by atoms with Crippen molar-refractivity contribution < 1.29 is 14.7 Å². The van der Waals surface area contributed by atoms with E-state index in [-0.39, 0.29) is 24.8 Å². The second-order valence-corrected chi connectivity index (χ2v) is 7.02. The molecule has 116 valence electrons. The summed E-state index contributed by atoms with van der Waals surface area (Å²) in [5, 5.41) is 11.9. The van der Waals surface area contributed by atoms with Crippen LogP contribution in [-0.2, 0) is 9.59 Å². The summed E-state index contributed by atoms with van der Waals surface area (Å²) in [6.07, 6.45) is 7.82. The third kappa shape index (κ3) is 6.40. The number of carbonyl (C=O) groups excluding carboxylic acids is 1. The van der Waals surface area contributed by atoms with Crippen molar-refractivity contribution in [1.29, 1.82) is 0 Å². The normalized spacial score (nSPS) is 19.1. The van der Waals surface area contributed by atoms with Gasteiger partial charge in [0.15, 0.2) is 0 Å². The van der Waals surface area contributed by atoms with Gasteiger partial charge in [-0.1, -0.05) is 39.5 Å². The number of carboxylic acid groups (broad SMARTS) is 1. The minimum atomic E-state index is -0.848. The minimum Gasteiger partial charge on any atom is -0.481 e. The van der Waals surface area contributed by atoms with E-state index in [1.165, 1.54) is 38.5 Å². The Hall–Kier alpha value is -1.06. The van der Waals surface area contributed by atoms with Gasteiger partial charge in [0.1, 0.15) is 0 Å². The molecule has 0 heterocycles. The van der Waals surface area contributed by atoms with Gasteiger partial charge in [-0.05, 0) is 31.1 Å². The highest BCUT2D eigenvalue weighted by Gasteiger charge is 2.27. The van der Waals surface area contributed by atoms with Crippen LogP contribution < -0.4 is 5.32 Å². The first-order valence-electron chi connectivity index (χ1n) is 7.81. The van der Waals surface area contributed by atoms with E-state index in [0.717, 1.165) is 0 Å². The molecule has 0 aromatic heterocycles. The Morgan fingerprint density at radius 2 is 1.70 bits per heavy atom. The van der Waals surface area contributed by atoms with Crippen LogP contribution in [0.3, 0.4) is 0 Å². The summed E-state index contributed by atoms with van der Waals surface area (Å²) in [4.78, 5) is 22.8. The summed E-state index contributed by atoms with van der Waals surface area (Å²) in [6.45, 7) is 5.74. The van der Waals surface area contributed by atoms with Gasteiger partial charge < -0.3 is 10.4 Å². The number of amides is 1. The van der Waals surface area contributed by atoms with E-state index in [1.54, 1.807) is 0 Å². The molecule has 1 aliphatic carbocycles. The number of hydrogen-bond acceptors (Lipinski definition) is 2. The molecule has 0 spiro atoms. The first-order chi connectivity index (χ1) is 9.30. The molecule has 4 nitrogen and oxygen atoms in total. The molecule has 1 rings (SSSR count). The predicted molar refractivity (Wildman–Crippen MR) is 79.4 cm³/mol. The highest BCUT2D eigenvalue weighted by atomic mass is 16.4. The van der Waals surface area contributed by atoms with E-state index < -0.39 is 11.4 Å². The topological polar surface area (TPSA) is 66.4 Å². The molecule has 20 heavy (non-hydrogen) atoms. The van der Waals surface area contributed by atoms with Gasteiger partial charge in [-0.25, -0.2) is 0 Å². The molecule has 1 saturated carbocycles. The Morgan fingerprint density at radius 1 is 1.15 bits per heavy atom. The number of hydrogen-bond donors (Lipinski definition) is 2. The molecular weight excluding hydrogens is 254 g/mol. The van der Waals surface area contributed by atoms with Gasteiger partial charge in [0.25, 0.3) is 0 Å². The molecule has 2 N–H and O–H groups in total. The summed E-state index contributed by atoms with van der Waals surface area (Å²) in [7, 11) is 0. The van der Waals surface area contributed by atoms with E-state index >= 15 is 0 Å². The number of carbonyl (C=O) groups is 2. The Balaban J connectivity index is 2.42. The fourth-order valence-electron chi connectivity index (χ4n) is 3.14. The SMILES string of the molecule is C[C@H](NC(=O)CC(C)(C)CC(=O)O)C1CCCCCC1. The van der Waals surface area contributed by atoms with Gasteiger partial charge in [0, 0.05) is 12.5 Å². The standard InChI is InChI=1S/C16H29NO3/c1-12(13-8-6-4-5-7-9-13)17-14(18)10-16(2,3)11-15(19)20/h12-13H,4-11H2,1-3H3,(H,17,18)(H,19,20)/t12-/m0/s1.